The maximum Gasteiger partial charge on any atom is 0.303 e. The van der Waals surface area contributed by atoms with Crippen molar-refractivity contribution in [3.63, 3.8) is 0 Å². The lowest BCUT2D eigenvalue weighted by molar-refractivity contribution is -0.262. The SMILES string of the molecule is CCCCO[C@H]1OC(CC)[C@@H](OCCCC)C(CCC(=O)O)C1NC(C)=O. The van der Waals surface area contributed by atoms with Gasteiger partial charge in [-0.05, 0) is 25.7 Å². The summed E-state index contributed by atoms with van der Waals surface area (Å²) in [6.07, 6.45) is 3.98. The van der Waals surface area contributed by atoms with Crippen molar-refractivity contribution in [1.29, 1.82) is 0 Å². The molecule has 7 heteroatoms. The van der Waals surface area contributed by atoms with Crippen molar-refractivity contribution in [2.45, 2.75) is 97.2 Å². The Kier molecular flexibility index (Phi) is 11.6. The van der Waals surface area contributed by atoms with Crippen molar-refractivity contribution in [3.8, 4) is 0 Å². The molecule has 3 unspecified atom stereocenters. The van der Waals surface area contributed by atoms with E-state index < -0.39 is 18.3 Å². The lowest BCUT2D eigenvalue weighted by atomic mass is 9.82. The minimum Gasteiger partial charge on any atom is -0.481 e. The predicted molar refractivity (Wildman–Crippen MR) is 102 cm³/mol. The van der Waals surface area contributed by atoms with Crippen LogP contribution in [0.2, 0.25) is 0 Å². The fourth-order valence-electron chi connectivity index (χ4n) is 3.47. The Morgan fingerprint density at radius 1 is 1.07 bits per heavy atom. The summed E-state index contributed by atoms with van der Waals surface area (Å²) in [5.74, 6) is -1.21. The smallest absolute Gasteiger partial charge is 0.303 e. The minimum atomic E-state index is -0.855. The minimum absolute atomic E-state index is 0.0203. The van der Waals surface area contributed by atoms with Gasteiger partial charge in [0.15, 0.2) is 6.29 Å². The molecular formula is C20H37NO6. The van der Waals surface area contributed by atoms with Crippen molar-refractivity contribution in [2.24, 2.45) is 5.92 Å². The Morgan fingerprint density at radius 2 is 1.70 bits per heavy atom. The summed E-state index contributed by atoms with van der Waals surface area (Å²) < 4.78 is 18.2. The van der Waals surface area contributed by atoms with Gasteiger partial charge in [0.2, 0.25) is 5.91 Å². The van der Waals surface area contributed by atoms with E-state index in [1.165, 1.54) is 6.92 Å². The highest BCUT2D eigenvalue weighted by Crippen LogP contribution is 2.34. The topological polar surface area (TPSA) is 94.1 Å². The van der Waals surface area contributed by atoms with Gasteiger partial charge in [-0.15, -0.1) is 0 Å². The van der Waals surface area contributed by atoms with Crippen LogP contribution in [0.1, 0.15) is 72.6 Å². The third kappa shape index (κ3) is 8.15. The number of ether oxygens (including phenoxy) is 3. The van der Waals surface area contributed by atoms with Crippen LogP contribution < -0.4 is 5.32 Å². The third-order valence-corrected chi connectivity index (χ3v) is 4.90. The first-order valence-corrected chi connectivity index (χ1v) is 10.3. The molecule has 5 atom stereocenters. The van der Waals surface area contributed by atoms with Gasteiger partial charge in [-0.25, -0.2) is 0 Å². The highest BCUT2D eigenvalue weighted by molar-refractivity contribution is 5.73. The molecule has 1 heterocycles. The lowest BCUT2D eigenvalue weighted by Crippen LogP contribution is -2.61. The molecular weight excluding hydrogens is 350 g/mol. The van der Waals surface area contributed by atoms with Crippen LogP contribution in [-0.4, -0.2) is 54.7 Å². The summed E-state index contributed by atoms with van der Waals surface area (Å²) >= 11 is 0. The van der Waals surface area contributed by atoms with Gasteiger partial charge in [0.05, 0.1) is 18.2 Å². The van der Waals surface area contributed by atoms with Crippen LogP contribution in [0.5, 0.6) is 0 Å². The van der Waals surface area contributed by atoms with Crippen molar-refractivity contribution >= 4 is 11.9 Å². The predicted octanol–water partition coefficient (Wildman–Crippen LogP) is 3.11. The molecule has 2 N–H and O–H groups in total. The first-order valence-electron chi connectivity index (χ1n) is 10.3. The van der Waals surface area contributed by atoms with Gasteiger partial charge in [0.25, 0.3) is 0 Å². The van der Waals surface area contributed by atoms with Gasteiger partial charge in [-0.3, -0.25) is 9.59 Å². The number of aliphatic carboxylic acids is 1. The van der Waals surface area contributed by atoms with Gasteiger partial charge in [-0.2, -0.15) is 0 Å². The molecule has 1 saturated heterocycles. The normalized spacial score (nSPS) is 28.1. The summed E-state index contributed by atoms with van der Waals surface area (Å²) in [5, 5.41) is 12.1. The molecule has 1 rings (SSSR count). The number of carboxylic acid groups (broad SMARTS) is 1. The summed E-state index contributed by atoms with van der Waals surface area (Å²) in [6, 6.07) is -0.423. The van der Waals surface area contributed by atoms with Crippen LogP contribution in [-0.2, 0) is 23.8 Å². The summed E-state index contributed by atoms with van der Waals surface area (Å²) in [5.41, 5.74) is 0. The molecule has 1 aliphatic rings. The van der Waals surface area contributed by atoms with E-state index in [9.17, 15) is 14.7 Å². The zero-order chi connectivity index (χ0) is 20.2. The number of carboxylic acids is 1. The molecule has 0 aliphatic carbocycles. The molecule has 0 aromatic heterocycles. The van der Waals surface area contributed by atoms with Crippen molar-refractivity contribution in [1.82, 2.24) is 5.32 Å². The molecule has 27 heavy (non-hydrogen) atoms. The number of hydrogen-bond acceptors (Lipinski definition) is 5. The second-order valence-electron chi connectivity index (χ2n) is 7.19. The zero-order valence-corrected chi connectivity index (χ0v) is 17.2. The van der Waals surface area contributed by atoms with Crippen LogP contribution in [0.3, 0.4) is 0 Å². The molecule has 7 nitrogen and oxygen atoms in total. The van der Waals surface area contributed by atoms with E-state index in [1.54, 1.807) is 0 Å². The molecule has 0 bridgehead atoms. The standard InChI is InChI=1S/C20H37NO6/c1-5-8-12-25-19-15(10-11-17(23)24)18(21-14(4)22)20(26-13-9-6-2)27-16(19)7-3/h15-16,18-20H,5-13H2,1-4H3,(H,21,22)(H,23,24)/t15?,16?,18?,19-,20-/m0/s1. The first kappa shape index (κ1) is 23.9. The summed E-state index contributed by atoms with van der Waals surface area (Å²) in [7, 11) is 0. The van der Waals surface area contributed by atoms with Gasteiger partial charge in [-0.1, -0.05) is 33.6 Å². The number of unbranched alkanes of at least 4 members (excludes halogenated alkanes) is 2. The molecule has 1 aliphatic heterocycles. The van der Waals surface area contributed by atoms with Crippen molar-refractivity contribution < 1.29 is 28.9 Å². The van der Waals surface area contributed by atoms with Crippen LogP contribution in [0.4, 0.5) is 0 Å². The Hall–Kier alpha value is -1.18. The zero-order valence-electron chi connectivity index (χ0n) is 17.2. The maximum absolute atomic E-state index is 11.8. The van der Waals surface area contributed by atoms with Crippen LogP contribution in [0, 0.1) is 5.92 Å². The average molecular weight is 388 g/mol. The second kappa shape index (κ2) is 13.1. The van der Waals surface area contributed by atoms with Gasteiger partial charge in [0.1, 0.15) is 0 Å². The Labute approximate surface area is 163 Å². The molecule has 158 valence electrons. The fraction of sp³-hybridized carbons (Fsp3) is 0.900. The molecule has 0 spiro atoms. The number of nitrogens with one attached hydrogen (secondary N) is 1. The third-order valence-electron chi connectivity index (χ3n) is 4.90. The molecule has 0 saturated carbocycles. The molecule has 0 aromatic carbocycles. The monoisotopic (exact) mass is 387 g/mol. The molecule has 0 radical (unpaired) electrons. The average Bonchev–Trinajstić information content (AvgIpc) is 2.62. The Bertz CT molecular complexity index is 444. The Morgan fingerprint density at radius 3 is 2.22 bits per heavy atom. The van der Waals surface area contributed by atoms with Crippen LogP contribution in [0.25, 0.3) is 0 Å². The highest BCUT2D eigenvalue weighted by Gasteiger charge is 2.46. The van der Waals surface area contributed by atoms with E-state index in [1.807, 2.05) is 6.92 Å². The van der Waals surface area contributed by atoms with E-state index in [0.717, 1.165) is 32.1 Å². The summed E-state index contributed by atoms with van der Waals surface area (Å²) in [4.78, 5) is 23.0. The molecule has 0 aromatic rings. The lowest BCUT2D eigenvalue weighted by Gasteiger charge is -2.46. The second-order valence-corrected chi connectivity index (χ2v) is 7.19. The number of hydrogen-bond donors (Lipinski definition) is 2. The van der Waals surface area contributed by atoms with Crippen molar-refractivity contribution in [2.75, 3.05) is 13.2 Å². The molecule has 1 amide bonds. The number of amides is 1. The van der Waals surface area contributed by atoms with Gasteiger partial charge in [0, 0.05) is 32.5 Å². The maximum atomic E-state index is 11.8. The van der Waals surface area contributed by atoms with Crippen LogP contribution in [0.15, 0.2) is 0 Å². The molecule has 1 fully saturated rings. The van der Waals surface area contributed by atoms with Crippen molar-refractivity contribution in [3.05, 3.63) is 0 Å². The number of carbonyl (C=O) groups excluding carboxylic acids is 1. The van der Waals surface area contributed by atoms with E-state index in [-0.39, 0.29) is 30.5 Å². The van der Waals surface area contributed by atoms with E-state index in [4.69, 9.17) is 14.2 Å². The van der Waals surface area contributed by atoms with E-state index in [2.05, 4.69) is 19.2 Å². The Balaban J connectivity index is 3.04. The first-order chi connectivity index (χ1) is 12.9. The number of rotatable bonds is 13. The number of carbonyl (C=O) groups is 2. The summed E-state index contributed by atoms with van der Waals surface area (Å²) in [6.45, 7) is 8.79. The highest BCUT2D eigenvalue weighted by atomic mass is 16.7. The fourth-order valence-corrected chi connectivity index (χ4v) is 3.47. The largest absolute Gasteiger partial charge is 0.481 e. The van der Waals surface area contributed by atoms with Gasteiger partial charge >= 0.3 is 5.97 Å². The quantitative estimate of drug-likeness (QED) is 0.472. The van der Waals surface area contributed by atoms with E-state index >= 15 is 0 Å². The van der Waals surface area contributed by atoms with Crippen LogP contribution >= 0.6 is 0 Å². The van der Waals surface area contributed by atoms with Gasteiger partial charge < -0.3 is 24.6 Å². The van der Waals surface area contributed by atoms with E-state index in [0.29, 0.717) is 19.6 Å².